The van der Waals surface area contributed by atoms with Crippen LogP contribution in [-0.2, 0) is 36.1 Å². The number of ether oxygens (including phenoxy) is 2. The van der Waals surface area contributed by atoms with Crippen molar-refractivity contribution < 1.29 is 46.1 Å². The number of carbonyl (C=O) groups excluding carboxylic acids is 2. The van der Waals surface area contributed by atoms with Gasteiger partial charge in [0.25, 0.3) is 17.4 Å². The number of imide groups is 1. The zero-order chi connectivity index (χ0) is 42.8. The van der Waals surface area contributed by atoms with Crippen molar-refractivity contribution in [1.82, 2.24) is 23.5 Å². The minimum atomic E-state index is -2.89. The molecule has 5 aromatic rings. The van der Waals surface area contributed by atoms with Gasteiger partial charge in [0.2, 0.25) is 5.82 Å². The van der Waals surface area contributed by atoms with Crippen LogP contribution in [0.3, 0.4) is 0 Å². The van der Waals surface area contributed by atoms with Gasteiger partial charge < -0.3 is 19.1 Å². The second-order valence-electron chi connectivity index (χ2n) is 13.9. The van der Waals surface area contributed by atoms with Gasteiger partial charge in [0.05, 0.1) is 37.8 Å². The lowest BCUT2D eigenvalue weighted by molar-refractivity contribution is -0.122. The number of hydrogen-bond acceptors (Lipinski definition) is 9. The maximum Gasteiger partial charge on any atom is 0.347 e. The average Bonchev–Trinajstić information content (AvgIpc) is 3.54. The first-order valence-electron chi connectivity index (χ1n) is 17.3. The highest BCUT2D eigenvalue weighted by Crippen LogP contribution is 2.65. The fourth-order valence-corrected chi connectivity index (χ4v) is 9.35. The molecule has 3 aromatic carbocycles. The fraction of sp³-hybridized carbons (Fsp3) is 0.297. The first-order chi connectivity index (χ1) is 27.8. The van der Waals surface area contributed by atoms with Gasteiger partial charge >= 0.3 is 11.4 Å². The van der Waals surface area contributed by atoms with Crippen LogP contribution in [0.5, 0.6) is 17.2 Å². The normalized spacial score (nSPS) is 22.4. The number of halogens is 8. The lowest BCUT2D eigenvalue weighted by Gasteiger charge is -2.49. The molecule has 1 saturated heterocycles. The predicted molar refractivity (Wildman–Crippen MR) is 200 cm³/mol. The summed E-state index contributed by atoms with van der Waals surface area (Å²) in [4.78, 5) is 68.8. The summed E-state index contributed by atoms with van der Waals surface area (Å²) in [5, 5.41) is 11.1. The highest BCUT2D eigenvalue weighted by atomic mass is 35.5. The first kappa shape index (κ1) is 40.1. The van der Waals surface area contributed by atoms with E-state index in [1.807, 2.05) is 0 Å². The topological polar surface area (TPSA) is 160 Å². The molecule has 0 radical (unpaired) electrons. The van der Waals surface area contributed by atoms with Crippen molar-refractivity contribution in [3.05, 3.63) is 119 Å². The van der Waals surface area contributed by atoms with Crippen molar-refractivity contribution in [2.75, 3.05) is 19.1 Å². The predicted octanol–water partition coefficient (Wildman–Crippen LogP) is 4.57. The number of alkyl halides is 2. The molecule has 1 N–H and O–H groups in total. The van der Waals surface area contributed by atoms with Gasteiger partial charge in [0, 0.05) is 55.1 Å². The number of benzene rings is 3. The third-order valence-electron chi connectivity index (χ3n) is 11.1. The minimum Gasteiger partial charge on any atom is -0.508 e. The van der Waals surface area contributed by atoms with E-state index >= 15 is 8.78 Å². The number of phenolic OH excluding ortho intramolecular Hbond substituents is 1. The van der Waals surface area contributed by atoms with Gasteiger partial charge in [-0.1, -0.05) is 17.7 Å². The van der Waals surface area contributed by atoms with Gasteiger partial charge in [0.15, 0.2) is 44.5 Å². The Morgan fingerprint density at radius 2 is 1.51 bits per heavy atom. The van der Waals surface area contributed by atoms with Crippen molar-refractivity contribution in [3.8, 4) is 17.2 Å². The summed E-state index contributed by atoms with van der Waals surface area (Å²) in [6.07, 6.45) is 0.260. The molecule has 4 heterocycles. The zero-order valence-electron chi connectivity index (χ0n) is 30.5. The zero-order valence-corrected chi connectivity index (χ0v) is 32.7. The first-order valence-corrected chi connectivity index (χ1v) is 18.5. The monoisotopic (exact) mass is 882 g/mol. The molecule has 0 bridgehead atoms. The van der Waals surface area contributed by atoms with Crippen LogP contribution in [0, 0.1) is 29.1 Å². The second-order valence-corrected chi connectivity index (χ2v) is 15.6. The van der Waals surface area contributed by atoms with Crippen LogP contribution in [0.1, 0.15) is 29.6 Å². The molecular weight excluding hydrogens is 858 g/mol. The number of methoxy groups -OCH3 is 2. The largest absolute Gasteiger partial charge is 0.508 e. The molecule has 2 aliphatic heterocycles. The summed E-state index contributed by atoms with van der Waals surface area (Å²) >= 11 is 20.4. The Morgan fingerprint density at radius 1 is 0.881 bits per heavy atom. The summed E-state index contributed by atoms with van der Waals surface area (Å²) in [6, 6.07) is 5.12. The fourth-order valence-electron chi connectivity index (χ4n) is 8.26. The lowest BCUT2D eigenvalue weighted by Crippen LogP contribution is -2.59. The number of carbonyl (C=O) groups is 2. The standard InChI is InChI=1S/C37H26Cl3F5N6O8/c1-47-19-12-23(59-3)22(58-2)11-18(19)46-17(31(47)53)7-8-48-34(56)49-9-6-15-20(51(49)35(48)57)13-36(39)32(54)50(30-28(44)26(42)25(41)27(43)29(30)45)33(55)37(36,40)24(15)16-10-14(38)4-5-21(16)52/h4-6,10-12,20,24,52H,7-9,13H2,1-3H3. The number of aromatic nitrogens is 5. The molecule has 0 spiro atoms. The van der Waals surface area contributed by atoms with E-state index < -0.39 is 104 Å². The van der Waals surface area contributed by atoms with Crippen LogP contribution in [0.15, 0.2) is 56.4 Å². The van der Waals surface area contributed by atoms with Gasteiger partial charge in [0.1, 0.15) is 17.1 Å². The van der Waals surface area contributed by atoms with Gasteiger partial charge in [-0.3, -0.25) is 14.4 Å². The second kappa shape index (κ2) is 13.7. The number of rotatable bonds is 7. The summed E-state index contributed by atoms with van der Waals surface area (Å²) in [5.41, 5.74) is -3.97. The van der Waals surface area contributed by atoms with E-state index in [0.29, 0.717) is 22.5 Å². The number of hydrogen-bond donors (Lipinski definition) is 1. The molecule has 14 nitrogen and oxygen atoms in total. The summed E-state index contributed by atoms with van der Waals surface area (Å²) in [7, 11) is 4.33. The van der Waals surface area contributed by atoms with Gasteiger partial charge in [-0.15, -0.1) is 23.2 Å². The lowest BCUT2D eigenvalue weighted by atomic mass is 9.64. The molecule has 22 heteroatoms. The van der Waals surface area contributed by atoms with Crippen molar-refractivity contribution >= 4 is 63.3 Å². The summed E-state index contributed by atoms with van der Waals surface area (Å²) in [5.74, 6) is -17.8. The van der Waals surface area contributed by atoms with E-state index in [0.717, 1.165) is 26.1 Å². The van der Waals surface area contributed by atoms with E-state index in [1.54, 1.807) is 12.1 Å². The SMILES string of the molecule is COc1cc2nc(CCn3c(=O)n4n(c3=O)C3CC5(Cl)C(=O)N(c6c(F)c(F)c(F)c(F)c6F)C(=O)C5(Cl)C(c5cc(Cl)ccc5O)C3=CC4)c(=O)n(C)c2cc1OC. The molecule has 4 atom stereocenters. The summed E-state index contributed by atoms with van der Waals surface area (Å²) in [6.45, 7) is -0.780. The van der Waals surface area contributed by atoms with Gasteiger partial charge in [-0.2, -0.15) is 0 Å². The number of nitrogens with zero attached hydrogens (tertiary/aromatic N) is 6. The number of aromatic hydroxyl groups is 1. The molecule has 59 heavy (non-hydrogen) atoms. The highest BCUT2D eigenvalue weighted by molar-refractivity contribution is 6.58. The van der Waals surface area contributed by atoms with Gasteiger partial charge in [-0.25, -0.2) is 55.4 Å². The summed E-state index contributed by atoms with van der Waals surface area (Å²) < 4.78 is 88.4. The maximum atomic E-state index is 15.3. The van der Waals surface area contributed by atoms with Crippen LogP contribution < -0.4 is 31.3 Å². The number of aryl methyl sites for hydroxylation is 2. The molecule has 4 unspecified atom stereocenters. The molecule has 2 amide bonds. The van der Waals surface area contributed by atoms with Crippen LogP contribution in [-0.4, -0.2) is 64.4 Å². The van der Waals surface area contributed by atoms with Crippen molar-refractivity contribution in [1.29, 1.82) is 0 Å². The third kappa shape index (κ3) is 5.36. The van der Waals surface area contributed by atoms with E-state index in [2.05, 4.69) is 4.98 Å². The number of anilines is 1. The highest BCUT2D eigenvalue weighted by Gasteiger charge is 2.76. The Hall–Kier alpha value is -5.66. The molecule has 8 rings (SSSR count). The number of allylic oxidation sites excluding steroid dienone is 2. The maximum absolute atomic E-state index is 15.3. The molecule has 1 aliphatic carbocycles. The minimum absolute atomic E-state index is 0.00273. The number of amides is 2. The van der Waals surface area contributed by atoms with E-state index in [-0.39, 0.29) is 39.7 Å². The third-order valence-corrected chi connectivity index (χ3v) is 12.7. The average molecular weight is 884 g/mol. The van der Waals surface area contributed by atoms with Crippen LogP contribution in [0.2, 0.25) is 5.02 Å². The Kier molecular flexibility index (Phi) is 9.32. The quantitative estimate of drug-likeness (QED) is 0.0618. The van der Waals surface area contributed by atoms with Crippen molar-refractivity contribution in [2.24, 2.45) is 7.05 Å². The Morgan fingerprint density at radius 3 is 2.15 bits per heavy atom. The molecule has 2 aromatic heterocycles. The van der Waals surface area contributed by atoms with E-state index in [1.165, 1.54) is 38.0 Å². The number of phenols is 1. The molecular formula is C37H26Cl3F5N6O8. The van der Waals surface area contributed by atoms with Crippen LogP contribution in [0.4, 0.5) is 27.6 Å². The molecule has 2 fully saturated rings. The molecule has 1 saturated carbocycles. The van der Waals surface area contributed by atoms with E-state index in [4.69, 9.17) is 44.3 Å². The van der Waals surface area contributed by atoms with Crippen molar-refractivity contribution in [2.45, 2.75) is 47.6 Å². The van der Waals surface area contributed by atoms with Crippen LogP contribution >= 0.6 is 34.8 Å². The molecule has 308 valence electrons. The Labute approximate surface area is 341 Å². The van der Waals surface area contributed by atoms with Crippen molar-refractivity contribution in [3.63, 3.8) is 0 Å². The molecule has 3 aliphatic rings. The number of fused-ring (bicyclic) bond motifs is 5. The smallest absolute Gasteiger partial charge is 0.347 e. The van der Waals surface area contributed by atoms with Crippen LogP contribution in [0.25, 0.3) is 11.0 Å². The Balaban J connectivity index is 1.26. The Bertz CT molecular complexity index is 2920. The van der Waals surface area contributed by atoms with E-state index in [9.17, 15) is 42.3 Å². The van der Waals surface area contributed by atoms with Gasteiger partial charge in [-0.05, 0) is 23.8 Å².